The van der Waals surface area contributed by atoms with E-state index in [9.17, 15) is 0 Å². The maximum absolute atomic E-state index is 6.37. The summed E-state index contributed by atoms with van der Waals surface area (Å²) in [6.07, 6.45) is 16.8. The maximum atomic E-state index is 6.37. The molecule has 2 atom stereocenters. The van der Waals surface area contributed by atoms with Crippen molar-refractivity contribution in [3.05, 3.63) is 0 Å². The first-order valence-electron chi connectivity index (χ1n) is 9.72. The van der Waals surface area contributed by atoms with E-state index in [1.807, 2.05) is 0 Å². The molecule has 0 spiro atoms. The lowest BCUT2D eigenvalue weighted by Crippen LogP contribution is -2.58. The quantitative estimate of drug-likeness (QED) is 0.718. The third-order valence-electron chi connectivity index (χ3n) is 6.31. The highest BCUT2D eigenvalue weighted by atomic mass is 15.2. The molecule has 0 aromatic carbocycles. The van der Waals surface area contributed by atoms with Gasteiger partial charge in [-0.15, -0.1) is 0 Å². The summed E-state index contributed by atoms with van der Waals surface area (Å²) in [5.74, 6) is 0.966. The van der Waals surface area contributed by atoms with Gasteiger partial charge in [-0.05, 0) is 44.6 Å². The topological polar surface area (TPSA) is 29.3 Å². The van der Waals surface area contributed by atoms with Crippen LogP contribution in [0.4, 0.5) is 0 Å². The largest absolute Gasteiger partial charge is 0.329 e. The van der Waals surface area contributed by atoms with Crippen LogP contribution in [0.15, 0.2) is 0 Å². The second-order valence-electron chi connectivity index (χ2n) is 7.59. The third kappa shape index (κ3) is 4.22. The summed E-state index contributed by atoms with van der Waals surface area (Å²) in [4.78, 5) is 2.85. The van der Waals surface area contributed by atoms with Crippen molar-refractivity contribution in [2.45, 2.75) is 102 Å². The molecular weight excluding hydrogens is 256 g/mol. The van der Waals surface area contributed by atoms with Gasteiger partial charge in [0.25, 0.3) is 0 Å². The molecule has 0 bridgehead atoms. The number of nitrogens with zero attached hydrogens (tertiary/aromatic N) is 1. The van der Waals surface area contributed by atoms with Crippen molar-refractivity contribution in [3.63, 3.8) is 0 Å². The smallest absolute Gasteiger partial charge is 0.0334 e. The molecule has 2 rings (SSSR count). The van der Waals surface area contributed by atoms with E-state index >= 15 is 0 Å². The van der Waals surface area contributed by atoms with Crippen molar-refractivity contribution in [1.82, 2.24) is 4.90 Å². The van der Waals surface area contributed by atoms with Gasteiger partial charge < -0.3 is 5.73 Å². The average molecular weight is 295 g/mol. The summed E-state index contributed by atoms with van der Waals surface area (Å²) < 4.78 is 0. The Balaban J connectivity index is 2.06. The minimum Gasteiger partial charge on any atom is -0.329 e. The van der Waals surface area contributed by atoms with E-state index in [2.05, 4.69) is 18.7 Å². The monoisotopic (exact) mass is 294 g/mol. The number of likely N-dealkylation sites (N-methyl/N-ethyl adjacent to an activating group) is 1. The van der Waals surface area contributed by atoms with E-state index in [0.717, 1.165) is 18.5 Å². The molecule has 21 heavy (non-hydrogen) atoms. The van der Waals surface area contributed by atoms with E-state index in [0.29, 0.717) is 5.54 Å². The van der Waals surface area contributed by atoms with Crippen LogP contribution in [0.2, 0.25) is 0 Å². The molecule has 2 N–H and O–H groups in total. The fourth-order valence-electron chi connectivity index (χ4n) is 5.14. The van der Waals surface area contributed by atoms with Gasteiger partial charge in [0.15, 0.2) is 0 Å². The Morgan fingerprint density at radius 1 is 0.952 bits per heavy atom. The lowest BCUT2D eigenvalue weighted by atomic mass is 9.83. The molecular formula is C19H38N2. The molecule has 2 unspecified atom stereocenters. The molecule has 2 heteroatoms. The number of hydrogen-bond acceptors (Lipinski definition) is 2. The Kier molecular flexibility index (Phi) is 7.01. The van der Waals surface area contributed by atoms with E-state index in [1.165, 1.54) is 83.6 Å². The molecule has 0 amide bonds. The molecule has 0 aliphatic heterocycles. The van der Waals surface area contributed by atoms with Crippen LogP contribution in [0.25, 0.3) is 0 Å². The summed E-state index contributed by atoms with van der Waals surface area (Å²) in [6, 6.07) is 0.815. The fourth-order valence-corrected chi connectivity index (χ4v) is 5.14. The first-order valence-corrected chi connectivity index (χ1v) is 9.72. The zero-order valence-corrected chi connectivity index (χ0v) is 14.6. The third-order valence-corrected chi connectivity index (χ3v) is 6.31. The first kappa shape index (κ1) is 17.3. The van der Waals surface area contributed by atoms with Crippen LogP contribution >= 0.6 is 0 Å². The summed E-state index contributed by atoms with van der Waals surface area (Å²) in [7, 11) is 0. The Hall–Kier alpha value is -0.0800. The van der Waals surface area contributed by atoms with Gasteiger partial charge in [0, 0.05) is 18.1 Å². The van der Waals surface area contributed by atoms with Gasteiger partial charge in [0.05, 0.1) is 0 Å². The molecule has 124 valence electrons. The van der Waals surface area contributed by atoms with Gasteiger partial charge in [-0.3, -0.25) is 4.90 Å². The summed E-state index contributed by atoms with van der Waals surface area (Å²) in [6.45, 7) is 6.76. The molecule has 2 saturated carbocycles. The van der Waals surface area contributed by atoms with Crippen molar-refractivity contribution in [3.8, 4) is 0 Å². The summed E-state index contributed by atoms with van der Waals surface area (Å²) >= 11 is 0. The van der Waals surface area contributed by atoms with Crippen molar-refractivity contribution < 1.29 is 0 Å². The van der Waals surface area contributed by atoms with E-state index in [-0.39, 0.29) is 0 Å². The Labute approximate surface area is 132 Å². The normalized spacial score (nSPS) is 32.3. The van der Waals surface area contributed by atoms with Gasteiger partial charge in [0.1, 0.15) is 0 Å². The minimum absolute atomic E-state index is 0.319. The van der Waals surface area contributed by atoms with Crippen LogP contribution in [0.5, 0.6) is 0 Å². The molecule has 0 heterocycles. The van der Waals surface area contributed by atoms with Crippen molar-refractivity contribution in [2.24, 2.45) is 11.7 Å². The van der Waals surface area contributed by atoms with Crippen molar-refractivity contribution in [1.29, 1.82) is 0 Å². The Morgan fingerprint density at radius 3 is 2.33 bits per heavy atom. The second kappa shape index (κ2) is 8.53. The lowest BCUT2D eigenvalue weighted by Gasteiger charge is -2.48. The average Bonchev–Trinajstić information content (AvgIpc) is 2.73. The molecule has 0 aromatic rings. The molecule has 0 radical (unpaired) electrons. The molecule has 2 aliphatic rings. The fraction of sp³-hybridized carbons (Fsp3) is 1.00. The van der Waals surface area contributed by atoms with Gasteiger partial charge >= 0.3 is 0 Å². The number of hydrogen-bond donors (Lipinski definition) is 1. The lowest BCUT2D eigenvalue weighted by molar-refractivity contribution is 0.0231. The van der Waals surface area contributed by atoms with Crippen LogP contribution in [-0.2, 0) is 0 Å². The number of nitrogens with two attached hydrogens (primary N) is 1. The maximum Gasteiger partial charge on any atom is 0.0334 e. The summed E-state index contributed by atoms with van der Waals surface area (Å²) in [5, 5.41) is 0. The van der Waals surface area contributed by atoms with Crippen molar-refractivity contribution in [2.75, 3.05) is 13.1 Å². The standard InChI is InChI=1S/C19H38N2/c1-3-9-17-10-8-14-19(16-20,15-13-17)21(4-2)18-11-6-5-7-12-18/h17-18H,3-16,20H2,1-2H3. The molecule has 0 saturated heterocycles. The van der Waals surface area contributed by atoms with Gasteiger partial charge in [0.2, 0.25) is 0 Å². The predicted octanol–water partition coefficient (Wildman–Crippen LogP) is 4.72. The Bertz CT molecular complexity index is 285. The molecule has 2 fully saturated rings. The van der Waals surface area contributed by atoms with Gasteiger partial charge in [-0.25, -0.2) is 0 Å². The van der Waals surface area contributed by atoms with Crippen LogP contribution in [0.3, 0.4) is 0 Å². The van der Waals surface area contributed by atoms with E-state index < -0.39 is 0 Å². The first-order chi connectivity index (χ1) is 10.3. The predicted molar refractivity (Wildman–Crippen MR) is 92.5 cm³/mol. The zero-order valence-electron chi connectivity index (χ0n) is 14.6. The van der Waals surface area contributed by atoms with Crippen LogP contribution < -0.4 is 5.73 Å². The van der Waals surface area contributed by atoms with Crippen LogP contribution in [-0.4, -0.2) is 29.6 Å². The highest BCUT2D eigenvalue weighted by Gasteiger charge is 2.40. The summed E-state index contributed by atoms with van der Waals surface area (Å²) in [5.41, 5.74) is 6.69. The second-order valence-corrected chi connectivity index (χ2v) is 7.59. The SMILES string of the molecule is CCCC1CCCC(CN)(N(CC)C2CCCCC2)CC1. The number of rotatable bonds is 6. The van der Waals surface area contributed by atoms with Crippen LogP contribution in [0, 0.1) is 5.92 Å². The van der Waals surface area contributed by atoms with Crippen LogP contribution in [0.1, 0.15) is 90.9 Å². The zero-order chi connectivity index (χ0) is 15.1. The Morgan fingerprint density at radius 2 is 1.71 bits per heavy atom. The highest BCUT2D eigenvalue weighted by molar-refractivity contribution is 4.97. The molecule has 2 aliphatic carbocycles. The van der Waals surface area contributed by atoms with E-state index in [4.69, 9.17) is 5.73 Å². The highest BCUT2D eigenvalue weighted by Crippen LogP contribution is 2.39. The van der Waals surface area contributed by atoms with Crippen molar-refractivity contribution >= 4 is 0 Å². The molecule has 2 nitrogen and oxygen atoms in total. The minimum atomic E-state index is 0.319. The van der Waals surface area contributed by atoms with Gasteiger partial charge in [-0.2, -0.15) is 0 Å². The van der Waals surface area contributed by atoms with Gasteiger partial charge in [-0.1, -0.05) is 58.8 Å². The molecule has 0 aromatic heterocycles. The van der Waals surface area contributed by atoms with E-state index in [1.54, 1.807) is 0 Å².